The maximum absolute atomic E-state index is 12.9. The van der Waals surface area contributed by atoms with Gasteiger partial charge in [-0.25, -0.2) is 9.78 Å². The van der Waals surface area contributed by atoms with Crippen LogP contribution in [0.3, 0.4) is 0 Å². The van der Waals surface area contributed by atoms with Crippen molar-refractivity contribution in [3.8, 4) is 0 Å². The van der Waals surface area contributed by atoms with Gasteiger partial charge in [-0.2, -0.15) is 9.97 Å². The van der Waals surface area contributed by atoms with Crippen molar-refractivity contribution in [2.75, 3.05) is 29.0 Å². The van der Waals surface area contributed by atoms with E-state index in [0.29, 0.717) is 37.2 Å². The number of carbonyl (C=O) groups is 1. The second kappa shape index (κ2) is 13.9. The lowest BCUT2D eigenvalue weighted by atomic mass is 9.92. The van der Waals surface area contributed by atoms with Crippen molar-refractivity contribution in [3.63, 3.8) is 0 Å². The molecule has 3 fully saturated rings. The SMILES string of the molecule is Cc1ccccc1NC(=O)N1CCC(Nc2nc(NC3CCC(N)CC3)nc3c2ncn3C2CCCC2)CC1.Cl.Cl. The van der Waals surface area contributed by atoms with Gasteiger partial charge in [0.25, 0.3) is 0 Å². The van der Waals surface area contributed by atoms with Crippen LogP contribution in [0.15, 0.2) is 30.6 Å². The summed E-state index contributed by atoms with van der Waals surface area (Å²) in [4.78, 5) is 29.5. The lowest BCUT2D eigenvalue weighted by molar-refractivity contribution is 0.197. The highest BCUT2D eigenvalue weighted by molar-refractivity contribution is 5.90. The predicted octanol–water partition coefficient (Wildman–Crippen LogP) is 5.88. The molecule has 3 heterocycles. The summed E-state index contributed by atoms with van der Waals surface area (Å²) >= 11 is 0. The summed E-state index contributed by atoms with van der Waals surface area (Å²) in [5.74, 6) is 1.45. The Morgan fingerprint density at radius 1 is 0.902 bits per heavy atom. The van der Waals surface area contributed by atoms with Crippen molar-refractivity contribution in [2.24, 2.45) is 5.73 Å². The number of likely N-dealkylation sites (tertiary alicyclic amines) is 1. The number of rotatable bonds is 6. The molecule has 12 heteroatoms. The molecule has 10 nitrogen and oxygen atoms in total. The molecule has 2 aromatic heterocycles. The first-order valence-electron chi connectivity index (χ1n) is 14.7. The van der Waals surface area contributed by atoms with Gasteiger partial charge in [-0.3, -0.25) is 0 Å². The number of nitrogens with two attached hydrogens (primary N) is 1. The number of fused-ring (bicyclic) bond motifs is 1. The Bertz CT molecular complexity index is 1300. The molecule has 3 aliphatic rings. The monoisotopic (exact) mass is 603 g/mol. The molecule has 2 amide bonds. The number of carbonyl (C=O) groups excluding carboxylic acids is 1. The molecule has 2 aliphatic carbocycles. The van der Waals surface area contributed by atoms with E-state index in [-0.39, 0.29) is 36.9 Å². The zero-order valence-corrected chi connectivity index (χ0v) is 25.4. The molecule has 2 saturated carbocycles. The number of nitrogens with one attached hydrogen (secondary N) is 3. The van der Waals surface area contributed by atoms with Gasteiger partial charge in [0.1, 0.15) is 0 Å². The number of aromatic nitrogens is 4. The van der Waals surface area contributed by atoms with Crippen LogP contribution in [0.4, 0.5) is 22.2 Å². The number of benzene rings is 1. The van der Waals surface area contributed by atoms with Crippen LogP contribution in [-0.4, -0.2) is 61.7 Å². The normalized spacial score (nSPS) is 21.7. The van der Waals surface area contributed by atoms with E-state index < -0.39 is 0 Å². The van der Waals surface area contributed by atoms with Crippen LogP contribution in [0.2, 0.25) is 0 Å². The number of para-hydroxylation sites is 1. The number of piperidine rings is 1. The Morgan fingerprint density at radius 2 is 1.59 bits per heavy atom. The third-order valence-electron chi connectivity index (χ3n) is 8.75. The van der Waals surface area contributed by atoms with E-state index in [2.05, 4.69) is 20.5 Å². The van der Waals surface area contributed by atoms with E-state index >= 15 is 0 Å². The van der Waals surface area contributed by atoms with Gasteiger partial charge in [0.2, 0.25) is 5.95 Å². The van der Waals surface area contributed by atoms with Crippen molar-refractivity contribution >= 4 is 59.5 Å². The fourth-order valence-corrected chi connectivity index (χ4v) is 6.31. The number of nitrogens with zero attached hydrogens (tertiary/aromatic N) is 5. The van der Waals surface area contributed by atoms with Gasteiger partial charge in [0.05, 0.1) is 6.33 Å². The number of urea groups is 1. The second-order valence-corrected chi connectivity index (χ2v) is 11.6. The number of halogens is 2. The smallest absolute Gasteiger partial charge is 0.321 e. The van der Waals surface area contributed by atoms with Crippen molar-refractivity contribution in [3.05, 3.63) is 36.2 Å². The van der Waals surface area contributed by atoms with Gasteiger partial charge in [0.15, 0.2) is 17.0 Å². The summed E-state index contributed by atoms with van der Waals surface area (Å²) in [5, 5.41) is 10.4. The van der Waals surface area contributed by atoms with Crippen molar-refractivity contribution in [1.29, 1.82) is 0 Å². The molecule has 1 aliphatic heterocycles. The molecule has 0 unspecified atom stereocenters. The maximum atomic E-state index is 12.9. The van der Waals surface area contributed by atoms with Gasteiger partial charge >= 0.3 is 6.03 Å². The highest BCUT2D eigenvalue weighted by Gasteiger charge is 2.27. The summed E-state index contributed by atoms with van der Waals surface area (Å²) < 4.78 is 2.26. The molecule has 0 atom stereocenters. The van der Waals surface area contributed by atoms with Crippen LogP contribution in [-0.2, 0) is 0 Å². The van der Waals surface area contributed by atoms with Crippen molar-refractivity contribution < 1.29 is 4.79 Å². The summed E-state index contributed by atoms with van der Waals surface area (Å²) in [5.41, 5.74) is 9.80. The minimum absolute atomic E-state index is 0. The Kier molecular flexibility index (Phi) is 10.5. The number of hydrogen-bond donors (Lipinski definition) is 4. The fraction of sp³-hybridized carbons (Fsp3) is 0.586. The topological polar surface area (TPSA) is 126 Å². The first kappa shape index (κ1) is 31.1. The predicted molar refractivity (Wildman–Crippen MR) is 170 cm³/mol. The first-order chi connectivity index (χ1) is 19.0. The lowest BCUT2D eigenvalue weighted by Crippen LogP contribution is -2.44. The molecule has 0 spiro atoms. The number of hydrogen-bond acceptors (Lipinski definition) is 7. The van der Waals surface area contributed by atoms with Crippen LogP contribution < -0.4 is 21.7 Å². The third kappa shape index (κ3) is 7.16. The molecule has 5 N–H and O–H groups in total. The van der Waals surface area contributed by atoms with Gasteiger partial charge < -0.3 is 31.2 Å². The first-order valence-corrected chi connectivity index (χ1v) is 14.7. The van der Waals surface area contributed by atoms with Gasteiger partial charge in [-0.1, -0.05) is 31.0 Å². The molecule has 0 radical (unpaired) electrons. The Morgan fingerprint density at radius 3 is 2.29 bits per heavy atom. The molecule has 1 saturated heterocycles. The Hall–Kier alpha value is -2.82. The molecule has 1 aromatic carbocycles. The summed E-state index contributed by atoms with van der Waals surface area (Å²) in [6, 6.07) is 9.15. The zero-order chi connectivity index (χ0) is 26.8. The summed E-state index contributed by atoms with van der Waals surface area (Å²) in [6.07, 6.45) is 12.6. The number of imidazole rings is 1. The standard InChI is InChI=1S/C29H41N9O.2ClH/c1-19-6-2-5-9-24(19)34-29(39)37-16-14-22(15-17-37)32-26-25-27(38(18-31-25)23-7-3-4-8-23)36-28(35-26)33-21-12-10-20(30)11-13-21;;/h2,5-6,9,18,20-23H,3-4,7-8,10-17,30H2,1H3,(H,34,39)(H2,32,33,35,36);2*1H. The fourth-order valence-electron chi connectivity index (χ4n) is 6.31. The van der Waals surface area contributed by atoms with E-state index in [1.807, 2.05) is 42.4 Å². The average molecular weight is 605 g/mol. The van der Waals surface area contributed by atoms with Gasteiger partial charge in [0, 0.05) is 42.9 Å². The van der Waals surface area contributed by atoms with Gasteiger partial charge in [-0.05, 0) is 69.9 Å². The Balaban J connectivity index is 0.00000194. The molecule has 224 valence electrons. The average Bonchev–Trinajstić information content (AvgIpc) is 3.62. The van der Waals surface area contributed by atoms with Crippen LogP contribution in [0, 0.1) is 6.92 Å². The number of anilines is 3. The highest BCUT2D eigenvalue weighted by atomic mass is 35.5. The summed E-state index contributed by atoms with van der Waals surface area (Å²) in [7, 11) is 0. The molecular weight excluding hydrogens is 561 g/mol. The number of aryl methyl sites for hydroxylation is 1. The van der Waals surface area contributed by atoms with Crippen LogP contribution in [0.25, 0.3) is 11.2 Å². The Labute approximate surface area is 254 Å². The van der Waals surface area contributed by atoms with Crippen molar-refractivity contribution in [2.45, 2.75) is 95.3 Å². The molecule has 41 heavy (non-hydrogen) atoms. The van der Waals surface area contributed by atoms with E-state index in [1.54, 1.807) is 0 Å². The van der Waals surface area contributed by atoms with E-state index in [1.165, 1.54) is 25.7 Å². The highest BCUT2D eigenvalue weighted by Crippen LogP contribution is 2.34. The largest absolute Gasteiger partial charge is 0.365 e. The van der Waals surface area contributed by atoms with Crippen LogP contribution in [0.5, 0.6) is 0 Å². The minimum atomic E-state index is -0.0406. The van der Waals surface area contributed by atoms with Crippen LogP contribution >= 0.6 is 24.8 Å². The molecular formula is C29H43Cl2N9O. The quantitative estimate of drug-likeness (QED) is 0.277. The van der Waals surface area contributed by atoms with E-state index in [9.17, 15) is 4.79 Å². The van der Waals surface area contributed by atoms with Crippen LogP contribution in [0.1, 0.15) is 75.8 Å². The van der Waals surface area contributed by atoms with Gasteiger partial charge in [-0.15, -0.1) is 24.8 Å². The number of amides is 2. The van der Waals surface area contributed by atoms with E-state index in [0.717, 1.165) is 66.8 Å². The molecule has 0 bridgehead atoms. The molecule has 6 rings (SSSR count). The maximum Gasteiger partial charge on any atom is 0.321 e. The third-order valence-corrected chi connectivity index (χ3v) is 8.75. The van der Waals surface area contributed by atoms with E-state index in [4.69, 9.17) is 20.7 Å². The minimum Gasteiger partial charge on any atom is -0.365 e. The lowest BCUT2D eigenvalue weighted by Gasteiger charge is -2.33. The summed E-state index contributed by atoms with van der Waals surface area (Å²) in [6.45, 7) is 3.38. The zero-order valence-electron chi connectivity index (χ0n) is 23.7. The van der Waals surface area contributed by atoms with Crippen molar-refractivity contribution in [1.82, 2.24) is 24.4 Å². The second-order valence-electron chi connectivity index (χ2n) is 11.6. The molecule has 3 aromatic rings.